The van der Waals surface area contributed by atoms with Gasteiger partial charge in [-0.2, -0.15) is 0 Å². The maximum atomic E-state index is 12.8. The third-order valence-corrected chi connectivity index (χ3v) is 5.35. The molecule has 0 aliphatic carbocycles. The molecule has 3 aromatic rings. The summed E-state index contributed by atoms with van der Waals surface area (Å²) in [6.07, 6.45) is 1.72. The van der Waals surface area contributed by atoms with Crippen molar-refractivity contribution in [2.24, 2.45) is 0 Å². The number of ketones is 1. The quantitative estimate of drug-likeness (QED) is 0.424. The Hall–Kier alpha value is -2.95. The van der Waals surface area contributed by atoms with E-state index in [0.29, 0.717) is 27.1 Å². The van der Waals surface area contributed by atoms with E-state index in [1.165, 1.54) is 0 Å². The van der Waals surface area contributed by atoms with E-state index < -0.39 is 0 Å². The van der Waals surface area contributed by atoms with Crippen LogP contribution < -0.4 is 14.2 Å². The Bertz CT molecular complexity index is 1150. The van der Waals surface area contributed by atoms with Crippen molar-refractivity contribution in [1.29, 1.82) is 0 Å². The monoisotopic (exact) mass is 440 g/mol. The number of fused-ring (bicyclic) bond motifs is 1. The number of hydrogen-bond acceptors (Lipinski definition) is 4. The molecule has 0 saturated carbocycles. The molecule has 6 heteroatoms. The van der Waals surface area contributed by atoms with Crippen molar-refractivity contribution in [2.75, 3.05) is 7.11 Å². The average molecular weight is 441 g/mol. The predicted octanol–water partition coefficient (Wildman–Crippen LogP) is 6.51. The Balaban J connectivity index is 1.55. The van der Waals surface area contributed by atoms with Crippen molar-refractivity contribution in [3.05, 3.63) is 92.7 Å². The minimum absolute atomic E-state index is 0.148. The molecule has 0 spiro atoms. The van der Waals surface area contributed by atoms with Gasteiger partial charge in [-0.05, 0) is 54.5 Å². The second-order valence-corrected chi connectivity index (χ2v) is 7.69. The van der Waals surface area contributed by atoms with Crippen LogP contribution in [0.4, 0.5) is 0 Å². The fourth-order valence-electron chi connectivity index (χ4n) is 3.21. The van der Waals surface area contributed by atoms with Crippen LogP contribution in [0.3, 0.4) is 0 Å². The van der Waals surface area contributed by atoms with Crippen molar-refractivity contribution in [1.82, 2.24) is 0 Å². The number of carbonyl (C=O) groups excluding carboxylic acids is 1. The number of benzene rings is 3. The Kier molecular flexibility index (Phi) is 5.71. The number of Topliss-reactive ketones (excluding diaryl/α,β-unsaturated/α-hetero) is 1. The van der Waals surface area contributed by atoms with E-state index in [0.717, 1.165) is 22.4 Å². The van der Waals surface area contributed by atoms with Gasteiger partial charge in [-0.1, -0.05) is 41.4 Å². The first kappa shape index (κ1) is 20.3. The molecule has 3 aromatic carbocycles. The van der Waals surface area contributed by atoms with E-state index in [1.54, 1.807) is 31.4 Å². The van der Waals surface area contributed by atoms with E-state index in [4.69, 9.17) is 37.4 Å². The molecule has 152 valence electrons. The fourth-order valence-corrected chi connectivity index (χ4v) is 3.68. The van der Waals surface area contributed by atoms with Gasteiger partial charge in [0.25, 0.3) is 0 Å². The second kappa shape index (κ2) is 8.42. The summed E-state index contributed by atoms with van der Waals surface area (Å²) in [4.78, 5) is 12.8. The number of rotatable bonds is 5. The molecule has 30 heavy (non-hydrogen) atoms. The van der Waals surface area contributed by atoms with Gasteiger partial charge in [0, 0.05) is 21.7 Å². The molecular formula is C24H18Cl2O4. The first-order valence-corrected chi connectivity index (χ1v) is 10.00. The van der Waals surface area contributed by atoms with Crippen molar-refractivity contribution in [2.45, 2.75) is 13.5 Å². The molecule has 0 N–H and O–H groups in total. The number of halogens is 2. The van der Waals surface area contributed by atoms with E-state index in [9.17, 15) is 4.79 Å². The Labute approximate surface area is 184 Å². The molecule has 0 saturated heterocycles. The summed E-state index contributed by atoms with van der Waals surface area (Å²) in [5.41, 5.74) is 2.99. The summed E-state index contributed by atoms with van der Waals surface area (Å²) < 4.78 is 16.9. The SMILES string of the molecule is COc1ccc(/C=C2\Oc3cc(OCc4ccc(Cl)cc4Cl)cc(C)c3C2=O)cc1. The molecular weight excluding hydrogens is 423 g/mol. The van der Waals surface area contributed by atoms with Gasteiger partial charge in [0.15, 0.2) is 5.76 Å². The van der Waals surface area contributed by atoms with Crippen LogP contribution in [0.25, 0.3) is 6.08 Å². The van der Waals surface area contributed by atoms with Gasteiger partial charge in [0.1, 0.15) is 23.9 Å². The van der Waals surface area contributed by atoms with Crippen LogP contribution in [0.1, 0.15) is 27.0 Å². The lowest BCUT2D eigenvalue weighted by atomic mass is 10.0. The van der Waals surface area contributed by atoms with Crippen LogP contribution in [0.5, 0.6) is 17.2 Å². The van der Waals surface area contributed by atoms with Crippen LogP contribution in [-0.2, 0) is 6.61 Å². The zero-order chi connectivity index (χ0) is 21.3. The first-order chi connectivity index (χ1) is 14.4. The summed E-state index contributed by atoms with van der Waals surface area (Å²) in [5, 5.41) is 1.11. The average Bonchev–Trinajstić information content (AvgIpc) is 3.03. The van der Waals surface area contributed by atoms with Crippen molar-refractivity contribution < 1.29 is 19.0 Å². The molecule has 1 aliphatic heterocycles. The Morgan fingerprint density at radius 3 is 2.47 bits per heavy atom. The normalized spacial score (nSPS) is 13.9. The zero-order valence-electron chi connectivity index (χ0n) is 16.4. The molecule has 0 unspecified atom stereocenters. The van der Waals surface area contributed by atoms with Crippen LogP contribution in [0, 0.1) is 6.92 Å². The summed E-state index contributed by atoms with van der Waals surface area (Å²) in [5.74, 6) is 1.95. The number of ether oxygens (including phenoxy) is 3. The highest BCUT2D eigenvalue weighted by Crippen LogP contribution is 2.38. The topological polar surface area (TPSA) is 44.8 Å². The highest BCUT2D eigenvalue weighted by molar-refractivity contribution is 6.35. The zero-order valence-corrected chi connectivity index (χ0v) is 17.9. The largest absolute Gasteiger partial charge is 0.497 e. The molecule has 4 nitrogen and oxygen atoms in total. The summed E-state index contributed by atoms with van der Waals surface area (Å²) in [6.45, 7) is 2.13. The van der Waals surface area contributed by atoms with Crippen molar-refractivity contribution in [3.8, 4) is 17.2 Å². The number of carbonyl (C=O) groups is 1. The lowest BCUT2D eigenvalue weighted by Crippen LogP contribution is -2.00. The summed E-state index contributed by atoms with van der Waals surface area (Å²) in [6, 6.07) is 16.2. The third-order valence-electron chi connectivity index (χ3n) is 4.77. The maximum Gasteiger partial charge on any atom is 0.232 e. The lowest BCUT2D eigenvalue weighted by Gasteiger charge is -2.10. The van der Waals surface area contributed by atoms with Gasteiger partial charge in [-0.15, -0.1) is 0 Å². The molecule has 4 rings (SSSR count). The molecule has 0 aromatic heterocycles. The summed E-state index contributed by atoms with van der Waals surface area (Å²) in [7, 11) is 1.61. The van der Waals surface area contributed by atoms with Crippen LogP contribution in [0.2, 0.25) is 10.0 Å². The van der Waals surface area contributed by atoms with Gasteiger partial charge < -0.3 is 14.2 Å². The summed E-state index contributed by atoms with van der Waals surface area (Å²) >= 11 is 12.1. The molecule has 0 fully saturated rings. The van der Waals surface area contributed by atoms with Gasteiger partial charge >= 0.3 is 0 Å². The number of allylic oxidation sites excluding steroid dienone is 1. The van der Waals surface area contributed by atoms with Crippen molar-refractivity contribution in [3.63, 3.8) is 0 Å². The predicted molar refractivity (Wildman–Crippen MR) is 118 cm³/mol. The van der Waals surface area contributed by atoms with E-state index in [-0.39, 0.29) is 18.1 Å². The van der Waals surface area contributed by atoms with Crippen molar-refractivity contribution >= 4 is 35.1 Å². The highest BCUT2D eigenvalue weighted by atomic mass is 35.5. The van der Waals surface area contributed by atoms with E-state index in [1.807, 2.05) is 43.3 Å². The number of methoxy groups -OCH3 is 1. The molecule has 0 amide bonds. The van der Waals surface area contributed by atoms with Gasteiger partial charge in [-0.25, -0.2) is 0 Å². The standard InChI is InChI=1S/C24H18Cl2O4/c1-14-9-19(29-13-16-5-6-17(25)11-20(16)26)12-21-23(14)24(27)22(30-21)10-15-3-7-18(28-2)8-4-15/h3-12H,13H2,1-2H3/b22-10-. The minimum Gasteiger partial charge on any atom is -0.497 e. The Morgan fingerprint density at radius 1 is 1.00 bits per heavy atom. The fraction of sp³-hybridized carbons (Fsp3) is 0.125. The smallest absolute Gasteiger partial charge is 0.232 e. The second-order valence-electron chi connectivity index (χ2n) is 6.85. The molecule has 1 aliphatic rings. The van der Waals surface area contributed by atoms with Crippen LogP contribution >= 0.6 is 23.2 Å². The molecule has 1 heterocycles. The molecule has 0 atom stereocenters. The third kappa shape index (κ3) is 4.16. The first-order valence-electron chi connectivity index (χ1n) is 9.24. The molecule has 0 bridgehead atoms. The van der Waals surface area contributed by atoms with Gasteiger partial charge in [-0.3, -0.25) is 4.79 Å². The van der Waals surface area contributed by atoms with Gasteiger partial charge in [0.2, 0.25) is 5.78 Å². The number of hydrogen-bond donors (Lipinski definition) is 0. The van der Waals surface area contributed by atoms with Crippen LogP contribution in [-0.4, -0.2) is 12.9 Å². The minimum atomic E-state index is -0.148. The maximum absolute atomic E-state index is 12.8. The lowest BCUT2D eigenvalue weighted by molar-refractivity contribution is 0.101. The molecule has 0 radical (unpaired) electrons. The highest BCUT2D eigenvalue weighted by Gasteiger charge is 2.30. The van der Waals surface area contributed by atoms with Crippen LogP contribution in [0.15, 0.2) is 60.4 Å². The van der Waals surface area contributed by atoms with E-state index >= 15 is 0 Å². The Morgan fingerprint density at radius 2 is 1.77 bits per heavy atom. The number of aryl methyl sites for hydroxylation is 1. The van der Waals surface area contributed by atoms with E-state index in [2.05, 4.69) is 0 Å². The van der Waals surface area contributed by atoms with Gasteiger partial charge in [0.05, 0.1) is 12.7 Å².